The lowest BCUT2D eigenvalue weighted by Crippen LogP contribution is -2.38. The molecule has 1 aromatic carbocycles. The lowest BCUT2D eigenvalue weighted by Gasteiger charge is -2.31. The van der Waals surface area contributed by atoms with Crippen molar-refractivity contribution < 1.29 is 12.8 Å². The summed E-state index contributed by atoms with van der Waals surface area (Å²) in [5.41, 5.74) is 1.50. The summed E-state index contributed by atoms with van der Waals surface area (Å²) in [6.45, 7) is 0.868. The highest BCUT2D eigenvalue weighted by Gasteiger charge is 2.28. The second kappa shape index (κ2) is 7.09. The molecule has 1 aromatic heterocycles. The average molecular weight is 364 g/mol. The van der Waals surface area contributed by atoms with Gasteiger partial charge < -0.3 is 4.57 Å². The van der Waals surface area contributed by atoms with Gasteiger partial charge in [0.25, 0.3) is 5.56 Å². The van der Waals surface area contributed by atoms with Gasteiger partial charge in [-0.3, -0.25) is 4.79 Å². The predicted octanol–water partition coefficient (Wildman–Crippen LogP) is 2.23. The number of aromatic nitrogens is 1. The van der Waals surface area contributed by atoms with Gasteiger partial charge in [-0.15, -0.1) is 0 Å². The van der Waals surface area contributed by atoms with Gasteiger partial charge in [-0.05, 0) is 48.1 Å². The molecular formula is C18H21FN2O3S. The molecule has 2 aromatic rings. The van der Waals surface area contributed by atoms with E-state index >= 15 is 0 Å². The van der Waals surface area contributed by atoms with Crippen LogP contribution in [0, 0.1) is 5.82 Å². The van der Waals surface area contributed by atoms with E-state index in [1.54, 1.807) is 19.3 Å². The third-order valence-electron chi connectivity index (χ3n) is 4.71. The highest BCUT2D eigenvalue weighted by atomic mass is 32.2. The Labute approximate surface area is 146 Å². The topological polar surface area (TPSA) is 59.4 Å². The van der Waals surface area contributed by atoms with Crippen molar-refractivity contribution in [3.63, 3.8) is 0 Å². The van der Waals surface area contributed by atoms with Gasteiger partial charge in [0.2, 0.25) is 10.0 Å². The summed E-state index contributed by atoms with van der Waals surface area (Å²) < 4.78 is 41.1. The first-order valence-electron chi connectivity index (χ1n) is 8.24. The molecule has 0 aliphatic carbocycles. The fourth-order valence-electron chi connectivity index (χ4n) is 3.17. The first-order valence-corrected chi connectivity index (χ1v) is 9.85. The summed E-state index contributed by atoms with van der Waals surface area (Å²) in [5.74, 6) is -0.300. The number of piperidine rings is 1. The standard InChI is InChI=1S/C18H21FN2O3S/c1-20-9-6-16(12-18(20)22)15-7-10-21(11-8-15)25(23,24)13-14-2-4-17(19)5-3-14/h2-6,9,12,15H,7-8,10-11,13H2,1H3. The molecule has 5 nitrogen and oxygen atoms in total. The van der Waals surface area contributed by atoms with Crippen LogP contribution in [-0.4, -0.2) is 30.4 Å². The fraction of sp³-hybridized carbons (Fsp3) is 0.389. The van der Waals surface area contributed by atoms with Crippen LogP contribution in [0.5, 0.6) is 0 Å². The molecule has 0 spiro atoms. The molecule has 3 rings (SSSR count). The van der Waals surface area contributed by atoms with E-state index in [2.05, 4.69) is 0 Å². The Balaban J connectivity index is 1.65. The number of aryl methyl sites for hydroxylation is 1. The Morgan fingerprint density at radius 2 is 1.76 bits per heavy atom. The van der Waals surface area contributed by atoms with Crippen LogP contribution in [-0.2, 0) is 22.8 Å². The highest BCUT2D eigenvalue weighted by molar-refractivity contribution is 7.88. The van der Waals surface area contributed by atoms with Gasteiger partial charge in [-0.1, -0.05) is 12.1 Å². The van der Waals surface area contributed by atoms with Crippen molar-refractivity contribution in [1.29, 1.82) is 0 Å². The monoisotopic (exact) mass is 364 g/mol. The molecule has 1 fully saturated rings. The molecule has 2 heterocycles. The van der Waals surface area contributed by atoms with Crippen LogP contribution in [0.25, 0.3) is 0 Å². The smallest absolute Gasteiger partial charge is 0.250 e. The summed E-state index contributed by atoms with van der Waals surface area (Å²) in [7, 11) is -1.72. The van der Waals surface area contributed by atoms with Crippen molar-refractivity contribution >= 4 is 10.0 Å². The van der Waals surface area contributed by atoms with Crippen LogP contribution in [0.3, 0.4) is 0 Å². The van der Waals surface area contributed by atoms with Crippen molar-refractivity contribution in [2.75, 3.05) is 13.1 Å². The molecule has 7 heteroatoms. The molecule has 0 radical (unpaired) electrons. The van der Waals surface area contributed by atoms with E-state index in [1.807, 2.05) is 6.07 Å². The maximum atomic E-state index is 12.9. The molecule has 1 saturated heterocycles. The Morgan fingerprint density at radius 1 is 1.12 bits per heavy atom. The molecular weight excluding hydrogens is 343 g/mol. The van der Waals surface area contributed by atoms with Crippen molar-refractivity contribution in [2.45, 2.75) is 24.5 Å². The maximum absolute atomic E-state index is 12.9. The largest absolute Gasteiger partial charge is 0.319 e. The normalized spacial score (nSPS) is 16.9. The minimum Gasteiger partial charge on any atom is -0.319 e. The quantitative estimate of drug-likeness (QED) is 0.836. The van der Waals surface area contributed by atoms with Crippen LogP contribution < -0.4 is 5.56 Å². The van der Waals surface area contributed by atoms with Gasteiger partial charge in [0.05, 0.1) is 5.75 Å². The van der Waals surface area contributed by atoms with E-state index in [0.717, 1.165) is 5.56 Å². The number of hydrogen-bond donors (Lipinski definition) is 0. The van der Waals surface area contributed by atoms with Crippen LogP contribution in [0.4, 0.5) is 4.39 Å². The van der Waals surface area contributed by atoms with Gasteiger partial charge in [0.1, 0.15) is 5.82 Å². The van der Waals surface area contributed by atoms with Gasteiger partial charge in [0, 0.05) is 32.4 Å². The first kappa shape index (κ1) is 17.8. The molecule has 25 heavy (non-hydrogen) atoms. The Hall–Kier alpha value is -1.99. The number of halogens is 1. The van der Waals surface area contributed by atoms with E-state index in [4.69, 9.17) is 0 Å². The molecule has 0 N–H and O–H groups in total. The SMILES string of the molecule is Cn1ccc(C2CCN(S(=O)(=O)Cc3ccc(F)cc3)CC2)cc1=O. The lowest BCUT2D eigenvalue weighted by atomic mass is 9.91. The zero-order valence-electron chi connectivity index (χ0n) is 14.1. The van der Waals surface area contributed by atoms with Gasteiger partial charge in [-0.25, -0.2) is 17.1 Å². The zero-order valence-corrected chi connectivity index (χ0v) is 14.9. The maximum Gasteiger partial charge on any atom is 0.250 e. The number of nitrogens with zero attached hydrogens (tertiary/aromatic N) is 2. The van der Waals surface area contributed by atoms with E-state index in [-0.39, 0.29) is 23.0 Å². The van der Waals surface area contributed by atoms with Crippen molar-refractivity contribution in [3.05, 3.63) is 69.9 Å². The minimum absolute atomic E-state index is 0.0520. The van der Waals surface area contributed by atoms with Crippen molar-refractivity contribution in [3.8, 4) is 0 Å². The van der Waals surface area contributed by atoms with E-state index < -0.39 is 10.0 Å². The molecule has 0 unspecified atom stereocenters. The molecule has 0 atom stereocenters. The van der Waals surface area contributed by atoms with Crippen LogP contribution >= 0.6 is 0 Å². The van der Waals surface area contributed by atoms with E-state index in [1.165, 1.54) is 33.1 Å². The Kier molecular flexibility index (Phi) is 5.06. The molecule has 1 aliphatic rings. The number of sulfonamides is 1. The zero-order chi connectivity index (χ0) is 18.0. The molecule has 0 saturated carbocycles. The average Bonchev–Trinajstić information content (AvgIpc) is 2.59. The second-order valence-corrected chi connectivity index (χ2v) is 8.43. The molecule has 0 bridgehead atoms. The predicted molar refractivity (Wildman–Crippen MR) is 94.3 cm³/mol. The number of pyridine rings is 1. The van der Waals surface area contributed by atoms with Crippen LogP contribution in [0.15, 0.2) is 47.4 Å². The van der Waals surface area contributed by atoms with Crippen molar-refractivity contribution in [2.24, 2.45) is 7.05 Å². The third-order valence-corrected chi connectivity index (χ3v) is 6.56. The first-order chi connectivity index (χ1) is 11.8. The molecule has 134 valence electrons. The highest BCUT2D eigenvalue weighted by Crippen LogP contribution is 2.29. The van der Waals surface area contributed by atoms with Gasteiger partial charge in [0.15, 0.2) is 0 Å². The van der Waals surface area contributed by atoms with E-state index in [9.17, 15) is 17.6 Å². The van der Waals surface area contributed by atoms with Gasteiger partial charge in [-0.2, -0.15) is 0 Å². The number of hydrogen-bond acceptors (Lipinski definition) is 3. The second-order valence-electron chi connectivity index (χ2n) is 6.47. The molecule has 0 amide bonds. The van der Waals surface area contributed by atoms with Crippen molar-refractivity contribution in [1.82, 2.24) is 8.87 Å². The summed E-state index contributed by atoms with van der Waals surface area (Å²) in [6, 6.07) is 9.10. The molecule has 1 aliphatic heterocycles. The third kappa shape index (κ3) is 4.16. The summed E-state index contributed by atoms with van der Waals surface area (Å²) in [4.78, 5) is 11.8. The number of rotatable bonds is 4. The van der Waals surface area contributed by atoms with Gasteiger partial charge >= 0.3 is 0 Å². The Morgan fingerprint density at radius 3 is 2.36 bits per heavy atom. The summed E-state index contributed by atoms with van der Waals surface area (Å²) in [5, 5.41) is 0. The minimum atomic E-state index is -3.42. The lowest BCUT2D eigenvalue weighted by molar-refractivity contribution is 0.319. The number of benzene rings is 1. The summed E-state index contributed by atoms with van der Waals surface area (Å²) in [6.07, 6.45) is 3.13. The van der Waals surface area contributed by atoms with E-state index in [0.29, 0.717) is 31.5 Å². The van der Waals surface area contributed by atoms with Crippen LogP contribution in [0.1, 0.15) is 29.9 Å². The fourth-order valence-corrected chi connectivity index (χ4v) is 4.73. The van der Waals surface area contributed by atoms with Crippen LogP contribution in [0.2, 0.25) is 0 Å². The Bertz CT molecular complexity index is 899. The summed E-state index contributed by atoms with van der Waals surface area (Å²) >= 11 is 0.